The van der Waals surface area contributed by atoms with Crippen molar-refractivity contribution in [2.75, 3.05) is 26.7 Å². The van der Waals surface area contributed by atoms with Gasteiger partial charge in [0.15, 0.2) is 0 Å². The maximum Gasteiger partial charge on any atom is 0.224 e. The number of aliphatic hydroxyl groups excluding tert-OH is 1. The third-order valence-corrected chi connectivity index (χ3v) is 4.37. The van der Waals surface area contributed by atoms with Crippen LogP contribution in [0.1, 0.15) is 43.8 Å². The molecule has 2 rings (SSSR count). The number of aliphatic hydroxyl groups is 1. The first kappa shape index (κ1) is 17.5. The third kappa shape index (κ3) is 5.36. The molecule has 0 aliphatic carbocycles. The number of carbonyl (C=O) groups is 2. The lowest BCUT2D eigenvalue weighted by molar-refractivity contribution is -0.135. The highest BCUT2D eigenvalue weighted by Crippen LogP contribution is 2.16. The standard InChI is InChI=1S/C18H26N2O3/c1-19(13-10-16(21)15-7-3-2-4-8-15)17(22)11-14-20-12-6-5-9-18(20)23/h2-4,7-8,16,21H,5-6,9-14H2,1H3/t16-/m1/s1. The fourth-order valence-corrected chi connectivity index (χ4v) is 2.80. The van der Waals surface area contributed by atoms with Crippen LogP contribution < -0.4 is 0 Å². The summed E-state index contributed by atoms with van der Waals surface area (Å²) < 4.78 is 0. The van der Waals surface area contributed by atoms with Crippen molar-refractivity contribution in [2.24, 2.45) is 0 Å². The maximum absolute atomic E-state index is 12.1. The highest BCUT2D eigenvalue weighted by Gasteiger charge is 2.19. The van der Waals surface area contributed by atoms with Gasteiger partial charge in [0.25, 0.3) is 0 Å². The molecule has 1 saturated heterocycles. The molecule has 0 bridgehead atoms. The molecule has 23 heavy (non-hydrogen) atoms. The summed E-state index contributed by atoms with van der Waals surface area (Å²) in [6.07, 6.45) is 2.89. The Balaban J connectivity index is 1.71. The van der Waals surface area contributed by atoms with Gasteiger partial charge >= 0.3 is 0 Å². The van der Waals surface area contributed by atoms with Crippen LogP contribution in [0.5, 0.6) is 0 Å². The zero-order chi connectivity index (χ0) is 16.7. The van der Waals surface area contributed by atoms with Crippen molar-refractivity contribution in [3.05, 3.63) is 35.9 Å². The third-order valence-electron chi connectivity index (χ3n) is 4.37. The van der Waals surface area contributed by atoms with Crippen LogP contribution in [0.15, 0.2) is 30.3 Å². The van der Waals surface area contributed by atoms with E-state index in [1.807, 2.05) is 30.3 Å². The van der Waals surface area contributed by atoms with Crippen molar-refractivity contribution in [3.63, 3.8) is 0 Å². The van der Waals surface area contributed by atoms with E-state index >= 15 is 0 Å². The van der Waals surface area contributed by atoms with E-state index in [9.17, 15) is 14.7 Å². The summed E-state index contributed by atoms with van der Waals surface area (Å²) in [5, 5.41) is 10.1. The van der Waals surface area contributed by atoms with Gasteiger partial charge in [-0.05, 0) is 24.8 Å². The molecule has 0 saturated carbocycles. The molecule has 5 heteroatoms. The highest BCUT2D eigenvalue weighted by atomic mass is 16.3. The zero-order valence-corrected chi connectivity index (χ0v) is 13.8. The molecule has 1 heterocycles. The van der Waals surface area contributed by atoms with Crippen molar-refractivity contribution >= 4 is 11.8 Å². The fourth-order valence-electron chi connectivity index (χ4n) is 2.80. The van der Waals surface area contributed by atoms with Crippen LogP contribution >= 0.6 is 0 Å². The zero-order valence-electron chi connectivity index (χ0n) is 13.8. The van der Waals surface area contributed by atoms with Gasteiger partial charge in [-0.2, -0.15) is 0 Å². The molecule has 1 aromatic rings. The average Bonchev–Trinajstić information content (AvgIpc) is 2.59. The van der Waals surface area contributed by atoms with Gasteiger partial charge in [-0.25, -0.2) is 0 Å². The minimum Gasteiger partial charge on any atom is -0.388 e. The summed E-state index contributed by atoms with van der Waals surface area (Å²) in [7, 11) is 1.75. The van der Waals surface area contributed by atoms with Crippen molar-refractivity contribution in [1.29, 1.82) is 0 Å². The second kappa shape index (κ2) is 8.67. The minimum atomic E-state index is -0.560. The number of carbonyl (C=O) groups excluding carboxylic acids is 2. The lowest BCUT2D eigenvalue weighted by Gasteiger charge is -2.27. The van der Waals surface area contributed by atoms with E-state index in [1.165, 1.54) is 0 Å². The van der Waals surface area contributed by atoms with E-state index in [2.05, 4.69) is 0 Å². The molecule has 1 aliphatic heterocycles. The first-order valence-electron chi connectivity index (χ1n) is 8.32. The van der Waals surface area contributed by atoms with Gasteiger partial charge in [-0.1, -0.05) is 30.3 Å². The summed E-state index contributed by atoms with van der Waals surface area (Å²) in [5.74, 6) is 0.176. The van der Waals surface area contributed by atoms with Crippen LogP contribution in [0.2, 0.25) is 0 Å². The van der Waals surface area contributed by atoms with Gasteiger partial charge in [0.05, 0.1) is 6.10 Å². The molecular weight excluding hydrogens is 292 g/mol. The number of nitrogens with zero attached hydrogens (tertiary/aromatic N) is 2. The Morgan fingerprint density at radius 2 is 2.04 bits per heavy atom. The Hall–Kier alpha value is -1.88. The topological polar surface area (TPSA) is 60.9 Å². The molecule has 1 aliphatic rings. The van der Waals surface area contributed by atoms with Crippen LogP contribution in [0, 0.1) is 0 Å². The lowest BCUT2D eigenvalue weighted by atomic mass is 10.1. The quantitative estimate of drug-likeness (QED) is 0.836. The second-order valence-electron chi connectivity index (χ2n) is 6.12. The molecule has 0 aromatic heterocycles. The second-order valence-corrected chi connectivity index (χ2v) is 6.12. The van der Waals surface area contributed by atoms with Crippen molar-refractivity contribution < 1.29 is 14.7 Å². The van der Waals surface area contributed by atoms with E-state index in [4.69, 9.17) is 0 Å². The number of benzene rings is 1. The lowest BCUT2D eigenvalue weighted by Crippen LogP contribution is -2.38. The van der Waals surface area contributed by atoms with E-state index in [0.717, 1.165) is 24.9 Å². The molecule has 1 aromatic carbocycles. The molecule has 0 radical (unpaired) electrons. The van der Waals surface area contributed by atoms with E-state index in [-0.39, 0.29) is 11.8 Å². The number of piperidine rings is 1. The van der Waals surface area contributed by atoms with Crippen LogP contribution in [0.25, 0.3) is 0 Å². The van der Waals surface area contributed by atoms with Gasteiger partial charge in [-0.15, -0.1) is 0 Å². The van der Waals surface area contributed by atoms with Gasteiger partial charge in [-0.3, -0.25) is 9.59 Å². The maximum atomic E-state index is 12.1. The molecule has 1 atom stereocenters. The van der Waals surface area contributed by atoms with E-state index < -0.39 is 6.10 Å². The molecular formula is C18H26N2O3. The SMILES string of the molecule is CN(CC[C@@H](O)c1ccccc1)C(=O)CCN1CCCCC1=O. The Morgan fingerprint density at radius 1 is 1.30 bits per heavy atom. The molecule has 0 unspecified atom stereocenters. The summed E-state index contributed by atoms with van der Waals surface area (Å²) in [6, 6.07) is 9.46. The Bertz CT molecular complexity index is 518. The molecule has 1 N–H and O–H groups in total. The van der Waals surface area contributed by atoms with Gasteiger partial charge < -0.3 is 14.9 Å². The molecule has 2 amide bonds. The average molecular weight is 318 g/mol. The molecule has 0 spiro atoms. The van der Waals surface area contributed by atoms with Crippen LogP contribution in [0.3, 0.4) is 0 Å². The smallest absolute Gasteiger partial charge is 0.224 e. The van der Waals surface area contributed by atoms with Crippen molar-refractivity contribution in [3.8, 4) is 0 Å². The number of hydrogen-bond donors (Lipinski definition) is 1. The summed E-state index contributed by atoms with van der Waals surface area (Å²) in [6.45, 7) is 1.77. The highest BCUT2D eigenvalue weighted by molar-refractivity contribution is 5.79. The number of hydrogen-bond acceptors (Lipinski definition) is 3. The molecule has 1 fully saturated rings. The summed E-state index contributed by atoms with van der Waals surface area (Å²) in [5.41, 5.74) is 0.868. The summed E-state index contributed by atoms with van der Waals surface area (Å²) >= 11 is 0. The number of rotatable bonds is 7. The Kier molecular flexibility index (Phi) is 6.59. The Labute approximate surface area is 137 Å². The minimum absolute atomic E-state index is 0.0173. The van der Waals surface area contributed by atoms with E-state index in [0.29, 0.717) is 32.4 Å². The van der Waals surface area contributed by atoms with Crippen LogP contribution in [0.4, 0.5) is 0 Å². The van der Waals surface area contributed by atoms with Crippen LogP contribution in [-0.2, 0) is 9.59 Å². The first-order chi connectivity index (χ1) is 11.1. The first-order valence-corrected chi connectivity index (χ1v) is 8.32. The van der Waals surface area contributed by atoms with Gasteiger partial charge in [0, 0.05) is 39.5 Å². The summed E-state index contributed by atoms with van der Waals surface area (Å²) in [4.78, 5) is 27.3. The Morgan fingerprint density at radius 3 is 2.74 bits per heavy atom. The van der Waals surface area contributed by atoms with Crippen molar-refractivity contribution in [1.82, 2.24) is 9.80 Å². The number of amides is 2. The monoisotopic (exact) mass is 318 g/mol. The molecule has 126 valence electrons. The largest absolute Gasteiger partial charge is 0.388 e. The van der Waals surface area contributed by atoms with Gasteiger partial charge in [0.2, 0.25) is 11.8 Å². The fraction of sp³-hybridized carbons (Fsp3) is 0.556. The van der Waals surface area contributed by atoms with E-state index in [1.54, 1.807) is 16.8 Å². The predicted octanol–water partition coefficient (Wildman–Crippen LogP) is 1.97. The van der Waals surface area contributed by atoms with Crippen molar-refractivity contribution in [2.45, 2.75) is 38.2 Å². The number of likely N-dealkylation sites (tertiary alicyclic amines) is 1. The van der Waals surface area contributed by atoms with Gasteiger partial charge in [0.1, 0.15) is 0 Å². The molecule has 5 nitrogen and oxygen atoms in total. The predicted molar refractivity (Wildman–Crippen MR) is 88.7 cm³/mol. The normalized spacial score (nSPS) is 16.3. The van der Waals surface area contributed by atoms with Crippen LogP contribution in [-0.4, -0.2) is 53.4 Å².